The van der Waals surface area contributed by atoms with Crippen molar-refractivity contribution in [3.05, 3.63) is 64.1 Å². The first-order valence-corrected chi connectivity index (χ1v) is 8.37. The number of halogens is 2. The minimum atomic E-state index is -0.205. The predicted molar refractivity (Wildman–Crippen MR) is 95.7 cm³/mol. The molecule has 0 aliphatic heterocycles. The molecule has 24 heavy (non-hydrogen) atoms. The summed E-state index contributed by atoms with van der Waals surface area (Å²) in [7, 11) is 0. The van der Waals surface area contributed by atoms with E-state index in [1.165, 1.54) is 0 Å². The van der Waals surface area contributed by atoms with E-state index in [1.54, 1.807) is 18.2 Å². The average molecular weight is 368 g/mol. The lowest BCUT2D eigenvalue weighted by Gasteiger charge is -2.09. The first-order valence-electron chi connectivity index (χ1n) is 7.61. The van der Waals surface area contributed by atoms with Gasteiger partial charge in [-0.2, -0.15) is 0 Å². The Kier molecular flexibility index (Phi) is 7.89. The molecule has 1 amide bonds. The van der Waals surface area contributed by atoms with Crippen LogP contribution in [0.15, 0.2) is 48.5 Å². The molecule has 0 radical (unpaired) electrons. The van der Waals surface area contributed by atoms with E-state index in [-0.39, 0.29) is 12.5 Å². The predicted octanol–water partition coefficient (Wildman–Crippen LogP) is 4.10. The Morgan fingerprint density at radius 1 is 1.08 bits per heavy atom. The topological polar surface area (TPSA) is 47.6 Å². The van der Waals surface area contributed by atoms with E-state index in [9.17, 15) is 4.79 Å². The van der Waals surface area contributed by atoms with Crippen molar-refractivity contribution >= 4 is 29.1 Å². The van der Waals surface area contributed by atoms with E-state index in [0.29, 0.717) is 35.6 Å². The van der Waals surface area contributed by atoms with Crippen molar-refractivity contribution in [1.82, 2.24) is 5.32 Å². The minimum absolute atomic E-state index is 0.0910. The molecule has 0 aliphatic rings. The van der Waals surface area contributed by atoms with Gasteiger partial charge in [0.05, 0.1) is 11.6 Å². The maximum absolute atomic E-state index is 11.7. The van der Waals surface area contributed by atoms with Gasteiger partial charge in [0.1, 0.15) is 5.75 Å². The van der Waals surface area contributed by atoms with Gasteiger partial charge in [0, 0.05) is 18.2 Å². The van der Waals surface area contributed by atoms with E-state index in [4.69, 9.17) is 32.7 Å². The molecule has 0 spiro atoms. The van der Waals surface area contributed by atoms with Gasteiger partial charge >= 0.3 is 0 Å². The first kappa shape index (κ1) is 18.6. The summed E-state index contributed by atoms with van der Waals surface area (Å²) in [4.78, 5) is 11.7. The maximum Gasteiger partial charge on any atom is 0.257 e. The SMILES string of the molecule is O=C(COc1ccc(Cl)cc1Cl)NCCCOCc1ccccc1. The van der Waals surface area contributed by atoms with Gasteiger partial charge in [-0.25, -0.2) is 0 Å². The van der Waals surface area contributed by atoms with Crippen molar-refractivity contribution in [2.24, 2.45) is 0 Å². The van der Waals surface area contributed by atoms with Crippen LogP contribution in [-0.2, 0) is 16.1 Å². The van der Waals surface area contributed by atoms with Crippen molar-refractivity contribution < 1.29 is 14.3 Å². The average Bonchev–Trinajstić information content (AvgIpc) is 2.58. The number of hydrogen-bond donors (Lipinski definition) is 1. The van der Waals surface area contributed by atoms with Crippen molar-refractivity contribution in [2.75, 3.05) is 19.8 Å². The van der Waals surface area contributed by atoms with E-state index in [2.05, 4.69) is 5.32 Å². The Morgan fingerprint density at radius 3 is 2.62 bits per heavy atom. The van der Waals surface area contributed by atoms with Crippen LogP contribution in [0.1, 0.15) is 12.0 Å². The number of carbonyl (C=O) groups excluding carboxylic acids is 1. The van der Waals surface area contributed by atoms with Crippen LogP contribution in [0.5, 0.6) is 5.75 Å². The number of amides is 1. The molecular formula is C18H19Cl2NO3. The zero-order valence-electron chi connectivity index (χ0n) is 13.1. The van der Waals surface area contributed by atoms with Crippen molar-refractivity contribution in [3.63, 3.8) is 0 Å². The van der Waals surface area contributed by atoms with Crippen molar-refractivity contribution in [3.8, 4) is 5.75 Å². The molecule has 0 heterocycles. The molecule has 0 fully saturated rings. The van der Waals surface area contributed by atoms with Crippen molar-refractivity contribution in [2.45, 2.75) is 13.0 Å². The molecule has 0 aromatic heterocycles. The highest BCUT2D eigenvalue weighted by Crippen LogP contribution is 2.27. The zero-order valence-corrected chi connectivity index (χ0v) is 14.6. The minimum Gasteiger partial charge on any atom is -0.482 e. The summed E-state index contributed by atoms with van der Waals surface area (Å²) in [5, 5.41) is 3.67. The third kappa shape index (κ3) is 6.79. The van der Waals surface area contributed by atoms with Gasteiger partial charge in [-0.3, -0.25) is 4.79 Å². The van der Waals surface area contributed by atoms with Crippen LogP contribution >= 0.6 is 23.2 Å². The molecule has 0 aliphatic carbocycles. The van der Waals surface area contributed by atoms with Gasteiger partial charge in [0.25, 0.3) is 5.91 Å². The molecule has 4 nitrogen and oxygen atoms in total. The molecule has 2 rings (SSSR count). The summed E-state index contributed by atoms with van der Waals surface area (Å²) in [5.74, 6) is 0.228. The number of hydrogen-bond acceptors (Lipinski definition) is 3. The summed E-state index contributed by atoms with van der Waals surface area (Å²) in [6.45, 7) is 1.60. The lowest BCUT2D eigenvalue weighted by molar-refractivity contribution is -0.123. The van der Waals surface area contributed by atoms with Crippen LogP contribution in [0, 0.1) is 0 Å². The quantitative estimate of drug-likeness (QED) is 0.678. The molecule has 2 aromatic carbocycles. The largest absolute Gasteiger partial charge is 0.482 e. The Labute approximate surface area is 151 Å². The van der Waals surface area contributed by atoms with Crippen LogP contribution in [0.4, 0.5) is 0 Å². The smallest absolute Gasteiger partial charge is 0.257 e. The van der Waals surface area contributed by atoms with Gasteiger partial charge in [0.2, 0.25) is 0 Å². The lowest BCUT2D eigenvalue weighted by Crippen LogP contribution is -2.30. The molecule has 128 valence electrons. The van der Waals surface area contributed by atoms with E-state index >= 15 is 0 Å². The lowest BCUT2D eigenvalue weighted by atomic mass is 10.2. The maximum atomic E-state index is 11.7. The van der Waals surface area contributed by atoms with Crippen LogP contribution < -0.4 is 10.1 Å². The fourth-order valence-corrected chi connectivity index (χ4v) is 2.42. The second kappa shape index (κ2) is 10.2. The Morgan fingerprint density at radius 2 is 1.88 bits per heavy atom. The van der Waals surface area contributed by atoms with E-state index < -0.39 is 0 Å². The fourth-order valence-electron chi connectivity index (χ4n) is 1.95. The highest BCUT2D eigenvalue weighted by Gasteiger charge is 2.06. The summed E-state index contributed by atoms with van der Waals surface area (Å²) in [5.41, 5.74) is 1.13. The second-order valence-corrected chi connectivity index (χ2v) is 5.95. The highest BCUT2D eigenvalue weighted by atomic mass is 35.5. The number of rotatable bonds is 9. The first-order chi connectivity index (χ1) is 11.6. The van der Waals surface area contributed by atoms with Crippen LogP contribution in [-0.4, -0.2) is 25.7 Å². The molecule has 0 bridgehead atoms. The van der Waals surface area contributed by atoms with Crippen LogP contribution in [0.2, 0.25) is 10.0 Å². The van der Waals surface area contributed by atoms with Gasteiger partial charge < -0.3 is 14.8 Å². The summed E-state index contributed by atoms with van der Waals surface area (Å²) in [6.07, 6.45) is 0.736. The molecule has 6 heteroatoms. The van der Waals surface area contributed by atoms with Gasteiger partial charge in [-0.1, -0.05) is 53.5 Å². The Bertz CT molecular complexity index is 650. The molecule has 1 N–H and O–H groups in total. The molecular weight excluding hydrogens is 349 g/mol. The Balaban J connectivity index is 1.55. The van der Waals surface area contributed by atoms with Gasteiger partial charge in [0.15, 0.2) is 6.61 Å². The van der Waals surface area contributed by atoms with Crippen LogP contribution in [0.25, 0.3) is 0 Å². The van der Waals surface area contributed by atoms with Gasteiger partial charge in [-0.15, -0.1) is 0 Å². The summed E-state index contributed by atoms with van der Waals surface area (Å²) >= 11 is 11.8. The highest BCUT2D eigenvalue weighted by molar-refractivity contribution is 6.35. The molecule has 0 saturated carbocycles. The standard InChI is InChI=1S/C18H19Cl2NO3/c19-15-7-8-17(16(20)11-15)24-13-18(22)21-9-4-10-23-12-14-5-2-1-3-6-14/h1-3,5-8,11H,4,9-10,12-13H2,(H,21,22). The number of ether oxygens (including phenoxy) is 2. The van der Waals surface area contributed by atoms with Crippen molar-refractivity contribution in [1.29, 1.82) is 0 Å². The summed E-state index contributed by atoms with van der Waals surface area (Å²) in [6, 6.07) is 14.8. The second-order valence-electron chi connectivity index (χ2n) is 5.11. The number of carbonyl (C=O) groups is 1. The monoisotopic (exact) mass is 367 g/mol. The molecule has 2 aromatic rings. The fraction of sp³-hybridized carbons (Fsp3) is 0.278. The van der Waals surface area contributed by atoms with Crippen LogP contribution in [0.3, 0.4) is 0 Å². The van der Waals surface area contributed by atoms with E-state index in [1.807, 2.05) is 30.3 Å². The molecule has 0 atom stereocenters. The number of benzene rings is 2. The molecule has 0 unspecified atom stereocenters. The van der Waals surface area contributed by atoms with Gasteiger partial charge in [-0.05, 0) is 30.2 Å². The van der Waals surface area contributed by atoms with E-state index in [0.717, 1.165) is 12.0 Å². The zero-order chi connectivity index (χ0) is 17.2. The third-order valence-corrected chi connectivity index (χ3v) is 3.68. The summed E-state index contributed by atoms with van der Waals surface area (Å²) < 4.78 is 10.9. The normalized spacial score (nSPS) is 10.4. The third-order valence-electron chi connectivity index (χ3n) is 3.15. The molecule has 0 saturated heterocycles. The Hall–Kier alpha value is -1.75. The number of nitrogens with one attached hydrogen (secondary N) is 1.